The zero-order valence-electron chi connectivity index (χ0n) is 10.0. The molecule has 0 heterocycles. The molecule has 0 saturated carbocycles. The predicted octanol–water partition coefficient (Wildman–Crippen LogP) is 2.82. The Labute approximate surface area is 107 Å². The monoisotopic (exact) mass is 252 g/mol. The molecule has 0 fully saturated rings. The number of anilines is 1. The number of carbonyl (C=O) groups is 1. The highest BCUT2D eigenvalue weighted by Gasteiger charge is 2.11. The zero-order chi connectivity index (χ0) is 12.8. The third-order valence-electron chi connectivity index (χ3n) is 2.30. The number of hydrogen-bond donors (Lipinski definition) is 2. The summed E-state index contributed by atoms with van der Waals surface area (Å²) < 4.78 is 0. The molecule has 3 nitrogen and oxygen atoms in total. The summed E-state index contributed by atoms with van der Waals surface area (Å²) in [5.74, 6) is 0.00740. The SMILES string of the molecule is CC(C)C(=O)/C(=C/Nc1cccc(Cl)c1)CN. The Morgan fingerprint density at radius 2 is 2.24 bits per heavy atom. The lowest BCUT2D eigenvalue weighted by Crippen LogP contribution is -2.18. The molecule has 0 aliphatic heterocycles. The molecule has 0 aliphatic rings. The van der Waals surface area contributed by atoms with Crippen molar-refractivity contribution >= 4 is 23.1 Å². The molecule has 1 rings (SSSR count). The first-order valence-corrected chi connectivity index (χ1v) is 5.87. The fraction of sp³-hybridized carbons (Fsp3) is 0.308. The van der Waals surface area contributed by atoms with Gasteiger partial charge >= 0.3 is 0 Å². The van der Waals surface area contributed by atoms with Gasteiger partial charge in [-0.05, 0) is 18.2 Å². The highest BCUT2D eigenvalue weighted by atomic mass is 35.5. The van der Waals surface area contributed by atoms with Crippen molar-refractivity contribution in [3.63, 3.8) is 0 Å². The summed E-state index contributed by atoms with van der Waals surface area (Å²) in [4.78, 5) is 11.7. The van der Waals surface area contributed by atoms with Gasteiger partial charge in [-0.2, -0.15) is 0 Å². The van der Waals surface area contributed by atoms with Gasteiger partial charge < -0.3 is 11.1 Å². The van der Waals surface area contributed by atoms with Crippen LogP contribution in [0, 0.1) is 5.92 Å². The molecule has 0 atom stereocenters. The van der Waals surface area contributed by atoms with Crippen LogP contribution in [-0.4, -0.2) is 12.3 Å². The number of halogens is 1. The Morgan fingerprint density at radius 3 is 2.76 bits per heavy atom. The molecule has 0 spiro atoms. The third-order valence-corrected chi connectivity index (χ3v) is 2.53. The first kappa shape index (κ1) is 13.7. The molecule has 0 aliphatic carbocycles. The molecule has 3 N–H and O–H groups in total. The Kier molecular flexibility index (Phi) is 5.19. The number of carbonyl (C=O) groups excluding carboxylic acids is 1. The molecule has 1 aromatic rings. The number of nitrogens with two attached hydrogens (primary N) is 1. The molecule has 1 aromatic carbocycles. The maximum atomic E-state index is 11.7. The van der Waals surface area contributed by atoms with Crippen LogP contribution < -0.4 is 11.1 Å². The fourth-order valence-electron chi connectivity index (χ4n) is 1.35. The van der Waals surface area contributed by atoms with Gasteiger partial charge in [0, 0.05) is 34.9 Å². The summed E-state index contributed by atoms with van der Waals surface area (Å²) in [5, 5.41) is 3.67. The fourth-order valence-corrected chi connectivity index (χ4v) is 1.54. The Hall–Kier alpha value is -1.32. The lowest BCUT2D eigenvalue weighted by atomic mass is 10.0. The van der Waals surface area contributed by atoms with E-state index in [0.29, 0.717) is 10.6 Å². The van der Waals surface area contributed by atoms with Gasteiger partial charge in [-0.3, -0.25) is 4.79 Å². The number of ketones is 1. The Morgan fingerprint density at radius 1 is 1.53 bits per heavy atom. The highest BCUT2D eigenvalue weighted by Crippen LogP contribution is 2.15. The first-order chi connectivity index (χ1) is 8.04. The van der Waals surface area contributed by atoms with Crippen LogP contribution in [0.15, 0.2) is 36.0 Å². The zero-order valence-corrected chi connectivity index (χ0v) is 10.8. The molecule has 0 amide bonds. The summed E-state index contributed by atoms with van der Waals surface area (Å²) in [6.45, 7) is 3.93. The van der Waals surface area contributed by atoms with Crippen molar-refractivity contribution in [2.45, 2.75) is 13.8 Å². The molecule has 4 heteroatoms. The molecular weight excluding hydrogens is 236 g/mol. The molecule has 0 bridgehead atoms. The van der Waals surface area contributed by atoms with E-state index in [9.17, 15) is 4.79 Å². The largest absolute Gasteiger partial charge is 0.361 e. The van der Waals surface area contributed by atoms with E-state index in [2.05, 4.69) is 5.32 Å². The van der Waals surface area contributed by atoms with Gasteiger partial charge in [0.1, 0.15) is 0 Å². The van der Waals surface area contributed by atoms with Crippen molar-refractivity contribution in [3.05, 3.63) is 41.1 Å². The van der Waals surface area contributed by atoms with Crippen LogP contribution in [0.25, 0.3) is 0 Å². The van der Waals surface area contributed by atoms with Crippen LogP contribution >= 0.6 is 11.6 Å². The molecule has 92 valence electrons. The van der Waals surface area contributed by atoms with Crippen molar-refractivity contribution in [1.82, 2.24) is 0 Å². The van der Waals surface area contributed by atoms with Crippen LogP contribution in [0.3, 0.4) is 0 Å². The van der Waals surface area contributed by atoms with E-state index in [1.54, 1.807) is 18.3 Å². The smallest absolute Gasteiger partial charge is 0.164 e. The van der Waals surface area contributed by atoms with Crippen LogP contribution in [0.5, 0.6) is 0 Å². The summed E-state index contributed by atoms with van der Waals surface area (Å²) >= 11 is 5.85. The van der Waals surface area contributed by atoms with Gasteiger partial charge in [-0.1, -0.05) is 31.5 Å². The number of rotatable bonds is 5. The predicted molar refractivity (Wildman–Crippen MR) is 72.1 cm³/mol. The van der Waals surface area contributed by atoms with Gasteiger partial charge in [0.25, 0.3) is 0 Å². The van der Waals surface area contributed by atoms with Gasteiger partial charge in [0.05, 0.1) is 0 Å². The topological polar surface area (TPSA) is 55.1 Å². The van der Waals surface area contributed by atoms with Gasteiger partial charge in [0.2, 0.25) is 0 Å². The highest BCUT2D eigenvalue weighted by molar-refractivity contribution is 6.30. The first-order valence-electron chi connectivity index (χ1n) is 5.50. The normalized spacial score (nSPS) is 11.7. The van der Waals surface area contributed by atoms with Crippen LogP contribution in [-0.2, 0) is 4.79 Å². The van der Waals surface area contributed by atoms with E-state index in [1.807, 2.05) is 26.0 Å². The second-order valence-electron chi connectivity index (χ2n) is 4.05. The van der Waals surface area contributed by atoms with E-state index in [1.165, 1.54) is 0 Å². The minimum Gasteiger partial charge on any atom is -0.361 e. The van der Waals surface area contributed by atoms with Crippen LogP contribution in [0.4, 0.5) is 5.69 Å². The van der Waals surface area contributed by atoms with Crippen molar-refractivity contribution in [1.29, 1.82) is 0 Å². The summed E-state index contributed by atoms with van der Waals surface area (Å²) in [7, 11) is 0. The Balaban J connectivity index is 2.77. The molecule has 0 unspecified atom stereocenters. The van der Waals surface area contributed by atoms with Gasteiger partial charge in [-0.25, -0.2) is 0 Å². The number of nitrogens with one attached hydrogen (secondary N) is 1. The third kappa shape index (κ3) is 4.21. The molecule has 0 aromatic heterocycles. The van der Waals surface area contributed by atoms with Crippen LogP contribution in [0.2, 0.25) is 5.02 Å². The van der Waals surface area contributed by atoms with Crippen molar-refractivity contribution in [2.24, 2.45) is 11.7 Å². The second-order valence-corrected chi connectivity index (χ2v) is 4.48. The minimum atomic E-state index is -0.0500. The van der Waals surface area contributed by atoms with E-state index in [4.69, 9.17) is 17.3 Å². The molecule has 17 heavy (non-hydrogen) atoms. The minimum absolute atomic E-state index is 0.0500. The number of Topliss-reactive ketones (excluding diaryl/α,β-unsaturated/α-hetero) is 1. The standard InChI is InChI=1S/C13H17ClN2O/c1-9(2)13(17)10(7-15)8-16-12-5-3-4-11(14)6-12/h3-6,8-9,16H,7,15H2,1-2H3/b10-8+. The molecule has 0 radical (unpaired) electrons. The Bertz CT molecular complexity index is 427. The lowest BCUT2D eigenvalue weighted by molar-refractivity contribution is -0.118. The van der Waals surface area contributed by atoms with Crippen molar-refractivity contribution in [3.8, 4) is 0 Å². The van der Waals surface area contributed by atoms with Crippen molar-refractivity contribution in [2.75, 3.05) is 11.9 Å². The van der Waals surface area contributed by atoms with E-state index < -0.39 is 0 Å². The average molecular weight is 253 g/mol. The lowest BCUT2D eigenvalue weighted by Gasteiger charge is -2.08. The quantitative estimate of drug-likeness (QED) is 0.793. The maximum absolute atomic E-state index is 11.7. The van der Waals surface area contributed by atoms with E-state index in [-0.39, 0.29) is 18.2 Å². The van der Waals surface area contributed by atoms with Gasteiger partial charge in [0.15, 0.2) is 5.78 Å². The van der Waals surface area contributed by atoms with E-state index >= 15 is 0 Å². The second kappa shape index (κ2) is 6.42. The number of benzene rings is 1. The van der Waals surface area contributed by atoms with E-state index in [0.717, 1.165) is 5.69 Å². The summed E-state index contributed by atoms with van der Waals surface area (Å²) in [5.41, 5.74) is 6.97. The molecule has 0 saturated heterocycles. The summed E-state index contributed by atoms with van der Waals surface area (Å²) in [6, 6.07) is 7.28. The average Bonchev–Trinajstić information content (AvgIpc) is 2.29. The maximum Gasteiger partial charge on any atom is 0.164 e. The van der Waals surface area contributed by atoms with Crippen molar-refractivity contribution < 1.29 is 4.79 Å². The summed E-state index contributed by atoms with van der Waals surface area (Å²) in [6.07, 6.45) is 1.65. The van der Waals surface area contributed by atoms with Gasteiger partial charge in [-0.15, -0.1) is 0 Å². The van der Waals surface area contributed by atoms with Crippen LogP contribution in [0.1, 0.15) is 13.8 Å². The molecular formula is C13H17ClN2O. The number of hydrogen-bond acceptors (Lipinski definition) is 3.